The van der Waals surface area contributed by atoms with Gasteiger partial charge in [-0.3, -0.25) is 10.9 Å². The molecule has 0 aliphatic heterocycles. The number of hydroxylamine groups is 2. The van der Waals surface area contributed by atoms with Crippen LogP contribution in [0.1, 0.15) is 0 Å². The molecule has 0 saturated carbocycles. The maximum absolute atomic E-state index is 12.0. The third-order valence-corrected chi connectivity index (χ3v) is 5.80. The molecular weight excluding hydrogens is 456 g/mol. The second kappa shape index (κ2) is 10.1. The van der Waals surface area contributed by atoms with E-state index in [0.717, 1.165) is 0 Å². The van der Waals surface area contributed by atoms with Gasteiger partial charge < -0.3 is 0 Å². The number of hydrogen-bond acceptors (Lipinski definition) is 9. The van der Waals surface area contributed by atoms with Crippen LogP contribution in [0, 0.1) is 0 Å². The smallest absolute Gasteiger partial charge is 0.256 e. The predicted molar refractivity (Wildman–Crippen MR) is 104 cm³/mol. The first-order valence-corrected chi connectivity index (χ1v) is 11.0. The van der Waals surface area contributed by atoms with Crippen molar-refractivity contribution >= 4 is 32.1 Å². The number of hydrazine groups is 4. The number of carbonyl (C=O) groups is 2. The minimum absolute atomic E-state index is 0.126. The molecule has 2 aromatic carbocycles. The van der Waals surface area contributed by atoms with Crippen LogP contribution in [-0.2, 0) is 25.0 Å². The number of carbonyl (C=O) groups excluding carboxylic acids is 2. The summed E-state index contributed by atoms with van der Waals surface area (Å²) in [6.07, 6.45) is 0. The van der Waals surface area contributed by atoms with E-state index < -0.39 is 32.1 Å². The van der Waals surface area contributed by atoms with Gasteiger partial charge in [0.15, 0.2) is 0 Å². The lowest BCUT2D eigenvalue weighted by Crippen LogP contribution is -2.58. The van der Waals surface area contributed by atoms with Gasteiger partial charge in [0.2, 0.25) is 0 Å². The number of nitrogens with two attached hydrogens (primary N) is 2. The summed E-state index contributed by atoms with van der Waals surface area (Å²) in [6.45, 7) is 0. The van der Waals surface area contributed by atoms with Gasteiger partial charge in [0.1, 0.15) is 0 Å². The maximum atomic E-state index is 12.0. The Morgan fingerprint density at radius 1 is 0.677 bits per heavy atom. The summed E-state index contributed by atoms with van der Waals surface area (Å²) in [5.41, 5.74) is 3.43. The van der Waals surface area contributed by atoms with E-state index in [1.54, 1.807) is 32.6 Å². The zero-order valence-electron chi connectivity index (χ0n) is 15.5. The van der Waals surface area contributed by atoms with Gasteiger partial charge in [0, 0.05) is 0 Å². The summed E-state index contributed by atoms with van der Waals surface area (Å²) in [7, 11) is -8.21. The fraction of sp³-hybridized carbons (Fsp3) is 0. The van der Waals surface area contributed by atoms with Crippen LogP contribution < -0.4 is 32.2 Å². The molecule has 0 bridgehead atoms. The SMILES string of the molecule is NN(ON(N)C(=O)NNS(=O)(=O)c1ccccc1)C(=O)NNS(=O)(=O)c1ccccc1. The second-order valence-corrected chi connectivity index (χ2v) is 8.80. The van der Waals surface area contributed by atoms with Crippen LogP contribution in [0.2, 0.25) is 0 Å². The Morgan fingerprint density at radius 3 is 1.32 bits per heavy atom. The van der Waals surface area contributed by atoms with Crippen LogP contribution in [0.5, 0.6) is 0 Å². The predicted octanol–water partition coefficient (Wildman–Crippen LogP) is -1.61. The van der Waals surface area contributed by atoms with E-state index in [1.807, 2.05) is 0 Å². The topological polar surface area (TPSA) is 218 Å². The minimum atomic E-state index is -4.11. The number of sulfonamides is 2. The van der Waals surface area contributed by atoms with Crippen molar-refractivity contribution in [3.05, 3.63) is 60.7 Å². The van der Waals surface area contributed by atoms with Crippen LogP contribution in [-0.4, -0.2) is 39.2 Å². The van der Waals surface area contributed by atoms with E-state index in [-0.39, 0.29) is 20.1 Å². The van der Waals surface area contributed by atoms with Crippen molar-refractivity contribution in [2.24, 2.45) is 11.7 Å². The summed E-state index contributed by atoms with van der Waals surface area (Å²) in [5.74, 6) is 10.4. The molecule has 0 unspecified atom stereocenters. The molecule has 0 aliphatic carbocycles. The molecule has 0 fully saturated rings. The first-order valence-electron chi connectivity index (χ1n) is 8.04. The summed E-state index contributed by atoms with van der Waals surface area (Å²) in [5, 5.41) is -0.252. The minimum Gasteiger partial charge on any atom is -0.256 e. The van der Waals surface area contributed by atoms with E-state index in [1.165, 1.54) is 48.5 Å². The van der Waals surface area contributed by atoms with Gasteiger partial charge in [0.25, 0.3) is 20.0 Å². The van der Waals surface area contributed by atoms with E-state index >= 15 is 0 Å². The first-order chi connectivity index (χ1) is 14.5. The summed E-state index contributed by atoms with van der Waals surface area (Å²) < 4.78 is 48.0. The highest BCUT2D eigenvalue weighted by atomic mass is 32.2. The van der Waals surface area contributed by atoms with Crippen molar-refractivity contribution in [3.8, 4) is 0 Å². The molecule has 0 aromatic heterocycles. The van der Waals surface area contributed by atoms with Gasteiger partial charge in [-0.15, -0.1) is 24.9 Å². The van der Waals surface area contributed by atoms with Gasteiger partial charge in [-0.25, -0.2) is 38.1 Å². The number of amides is 4. The van der Waals surface area contributed by atoms with Crippen molar-refractivity contribution in [1.82, 2.24) is 30.9 Å². The molecule has 0 spiro atoms. The molecule has 168 valence electrons. The zero-order valence-corrected chi connectivity index (χ0v) is 17.1. The lowest BCUT2D eigenvalue weighted by Gasteiger charge is -2.21. The van der Waals surface area contributed by atoms with Crippen molar-refractivity contribution < 1.29 is 31.4 Å². The normalized spacial score (nSPS) is 11.4. The Hall–Kier alpha value is -3.32. The Balaban J connectivity index is 1.84. The highest BCUT2D eigenvalue weighted by molar-refractivity contribution is 7.89. The van der Waals surface area contributed by atoms with Gasteiger partial charge >= 0.3 is 12.1 Å². The first kappa shape index (κ1) is 24.0. The molecule has 8 N–H and O–H groups in total. The largest absolute Gasteiger partial charge is 0.373 e. The van der Waals surface area contributed by atoms with Crippen molar-refractivity contribution in [1.29, 1.82) is 0 Å². The number of nitrogens with zero attached hydrogens (tertiary/aromatic N) is 2. The Morgan fingerprint density at radius 2 is 1.00 bits per heavy atom. The standard InChI is InChI=1S/C14H18N8O7S2/c15-21(13(23)17-19-30(25,26)11-7-3-1-4-8-11)29-22(16)14(24)18-20-31(27,28)12-9-5-2-6-10-12/h1-10,19-20H,15-16H2,(H,17,23)(H,18,24). The van der Waals surface area contributed by atoms with Gasteiger partial charge in [-0.05, 0) is 24.3 Å². The molecule has 0 atom stereocenters. The number of nitrogens with one attached hydrogen (secondary N) is 4. The summed E-state index contributed by atoms with van der Waals surface area (Å²) >= 11 is 0. The van der Waals surface area contributed by atoms with Crippen LogP contribution in [0.3, 0.4) is 0 Å². The average Bonchev–Trinajstić information content (AvgIpc) is 2.77. The molecule has 2 aromatic rings. The molecule has 0 saturated heterocycles. The van der Waals surface area contributed by atoms with Crippen molar-refractivity contribution in [2.45, 2.75) is 9.79 Å². The van der Waals surface area contributed by atoms with E-state index in [4.69, 9.17) is 11.7 Å². The summed E-state index contributed by atoms with van der Waals surface area (Å²) in [6, 6.07) is 11.4. The van der Waals surface area contributed by atoms with Crippen LogP contribution in [0.4, 0.5) is 9.59 Å². The highest BCUT2D eigenvalue weighted by Gasteiger charge is 2.22. The fourth-order valence-electron chi connectivity index (χ4n) is 1.82. The molecule has 4 amide bonds. The van der Waals surface area contributed by atoms with E-state index in [9.17, 15) is 26.4 Å². The fourth-order valence-corrected chi connectivity index (χ4v) is 3.53. The van der Waals surface area contributed by atoms with Gasteiger partial charge in [0.05, 0.1) is 9.79 Å². The molecule has 0 aliphatic rings. The zero-order chi connectivity index (χ0) is 23.1. The monoisotopic (exact) mass is 474 g/mol. The molecule has 15 nitrogen and oxygen atoms in total. The average molecular weight is 474 g/mol. The Kier molecular flexibility index (Phi) is 7.83. The molecule has 2 rings (SSSR count). The molecule has 0 radical (unpaired) electrons. The van der Waals surface area contributed by atoms with E-state index in [2.05, 4.69) is 4.94 Å². The molecular formula is C14H18N8O7S2. The maximum Gasteiger partial charge on any atom is 0.373 e. The summed E-state index contributed by atoms with van der Waals surface area (Å²) in [4.78, 5) is 31.2. The number of rotatable bonds is 8. The number of urea groups is 2. The highest BCUT2D eigenvalue weighted by Crippen LogP contribution is 2.06. The molecule has 17 heteroatoms. The van der Waals surface area contributed by atoms with Crippen molar-refractivity contribution in [2.75, 3.05) is 0 Å². The number of hydrogen-bond donors (Lipinski definition) is 6. The number of benzene rings is 2. The van der Waals surface area contributed by atoms with Crippen LogP contribution in [0.15, 0.2) is 70.5 Å². The third kappa shape index (κ3) is 6.86. The van der Waals surface area contributed by atoms with Crippen molar-refractivity contribution in [3.63, 3.8) is 0 Å². The Bertz CT molecular complexity index is 1020. The van der Waals surface area contributed by atoms with Gasteiger partial charge in [-0.1, -0.05) is 36.4 Å². The Labute approximate surface area is 176 Å². The van der Waals surface area contributed by atoms with Gasteiger partial charge in [-0.2, -0.15) is 0 Å². The lowest BCUT2D eigenvalue weighted by atomic mass is 10.4. The lowest BCUT2D eigenvalue weighted by molar-refractivity contribution is -0.274. The molecule has 0 heterocycles. The van der Waals surface area contributed by atoms with Crippen LogP contribution >= 0.6 is 0 Å². The molecule has 31 heavy (non-hydrogen) atoms. The van der Waals surface area contributed by atoms with Crippen LogP contribution in [0.25, 0.3) is 0 Å². The quantitative estimate of drug-likeness (QED) is 0.147. The second-order valence-electron chi connectivity index (χ2n) is 5.43. The third-order valence-electron chi connectivity index (χ3n) is 3.27. The van der Waals surface area contributed by atoms with E-state index in [0.29, 0.717) is 0 Å².